The molecule has 3 N–H and O–H groups in total. The standard InChI is InChI=1S/C19H30N2O5/c1-13(2)25-8-5-9-26-18-11-16(20)15(10-17(18)24-3)19(23)21-7-4-6-14(21)12-22/h10-11,13-14,22H,4-9,12,20H2,1-3H3/t14-/m0/s1. The Morgan fingerprint density at radius 3 is 2.77 bits per heavy atom. The van der Waals surface area contributed by atoms with Crippen molar-refractivity contribution in [2.75, 3.05) is 39.2 Å². The van der Waals surface area contributed by atoms with E-state index in [4.69, 9.17) is 19.9 Å². The van der Waals surface area contributed by atoms with Crippen LogP contribution >= 0.6 is 0 Å². The predicted molar refractivity (Wildman–Crippen MR) is 99.8 cm³/mol. The summed E-state index contributed by atoms with van der Waals surface area (Å²) in [5, 5.41) is 9.44. The second kappa shape index (κ2) is 9.64. The molecule has 1 fully saturated rings. The van der Waals surface area contributed by atoms with Gasteiger partial charge in [0, 0.05) is 24.7 Å². The number of rotatable bonds is 9. The van der Waals surface area contributed by atoms with Crippen molar-refractivity contribution in [2.24, 2.45) is 0 Å². The number of aliphatic hydroxyl groups is 1. The first-order valence-electron chi connectivity index (χ1n) is 9.11. The van der Waals surface area contributed by atoms with E-state index in [1.165, 1.54) is 7.11 Å². The zero-order chi connectivity index (χ0) is 19.1. The van der Waals surface area contributed by atoms with Crippen LogP contribution in [0.25, 0.3) is 0 Å². The maximum Gasteiger partial charge on any atom is 0.256 e. The van der Waals surface area contributed by atoms with Crippen LogP contribution in [0.1, 0.15) is 43.5 Å². The minimum Gasteiger partial charge on any atom is -0.493 e. The van der Waals surface area contributed by atoms with Gasteiger partial charge in [0.1, 0.15) is 0 Å². The highest BCUT2D eigenvalue weighted by Crippen LogP contribution is 2.34. The molecule has 1 amide bonds. The van der Waals surface area contributed by atoms with Gasteiger partial charge >= 0.3 is 0 Å². The lowest BCUT2D eigenvalue weighted by Gasteiger charge is -2.24. The summed E-state index contributed by atoms with van der Waals surface area (Å²) in [6, 6.07) is 3.09. The molecular formula is C19H30N2O5. The van der Waals surface area contributed by atoms with Crippen LogP contribution in [0.15, 0.2) is 12.1 Å². The van der Waals surface area contributed by atoms with E-state index in [-0.39, 0.29) is 24.7 Å². The van der Waals surface area contributed by atoms with Gasteiger partial charge < -0.3 is 30.0 Å². The highest BCUT2D eigenvalue weighted by atomic mass is 16.5. The molecule has 1 atom stereocenters. The molecule has 7 nitrogen and oxygen atoms in total. The van der Waals surface area contributed by atoms with Crippen molar-refractivity contribution < 1.29 is 24.1 Å². The molecule has 1 aliphatic rings. The normalized spacial score (nSPS) is 17.0. The summed E-state index contributed by atoms with van der Waals surface area (Å²) in [5.74, 6) is 0.785. The maximum absolute atomic E-state index is 12.8. The van der Waals surface area contributed by atoms with Crippen molar-refractivity contribution in [2.45, 2.75) is 45.3 Å². The second-order valence-electron chi connectivity index (χ2n) is 6.69. The van der Waals surface area contributed by atoms with Crippen molar-refractivity contribution in [1.29, 1.82) is 0 Å². The third kappa shape index (κ3) is 5.02. The van der Waals surface area contributed by atoms with Gasteiger partial charge in [-0.05, 0) is 32.8 Å². The number of carbonyl (C=O) groups excluding carboxylic acids is 1. The number of amides is 1. The van der Waals surface area contributed by atoms with Gasteiger partial charge in [0.05, 0.1) is 44.6 Å². The first-order chi connectivity index (χ1) is 12.5. The summed E-state index contributed by atoms with van der Waals surface area (Å²) in [7, 11) is 1.53. The first kappa shape index (κ1) is 20.3. The van der Waals surface area contributed by atoms with E-state index in [2.05, 4.69) is 0 Å². The molecule has 0 spiro atoms. The van der Waals surface area contributed by atoms with Crippen LogP contribution in [0.4, 0.5) is 5.69 Å². The number of likely N-dealkylation sites (tertiary alicyclic amines) is 1. The van der Waals surface area contributed by atoms with Gasteiger partial charge in [0.15, 0.2) is 11.5 Å². The van der Waals surface area contributed by atoms with Crippen molar-refractivity contribution in [1.82, 2.24) is 4.90 Å². The number of nitrogens with two attached hydrogens (primary N) is 1. The van der Waals surface area contributed by atoms with Crippen LogP contribution in [-0.4, -0.2) is 61.5 Å². The number of nitrogen functional groups attached to an aromatic ring is 1. The van der Waals surface area contributed by atoms with Gasteiger partial charge in [-0.3, -0.25) is 4.79 Å². The molecule has 1 heterocycles. The molecule has 0 aliphatic carbocycles. The molecule has 146 valence electrons. The van der Waals surface area contributed by atoms with E-state index in [9.17, 15) is 9.90 Å². The zero-order valence-electron chi connectivity index (χ0n) is 15.9. The Hall–Kier alpha value is -1.99. The minimum atomic E-state index is -0.186. The fraction of sp³-hybridized carbons (Fsp3) is 0.632. The molecule has 26 heavy (non-hydrogen) atoms. The Morgan fingerprint density at radius 1 is 1.35 bits per heavy atom. The van der Waals surface area contributed by atoms with Gasteiger partial charge in [-0.1, -0.05) is 0 Å². The lowest BCUT2D eigenvalue weighted by Crippen LogP contribution is -2.38. The molecule has 1 aromatic rings. The molecule has 7 heteroatoms. The highest BCUT2D eigenvalue weighted by Gasteiger charge is 2.30. The third-order valence-electron chi connectivity index (χ3n) is 4.41. The van der Waals surface area contributed by atoms with Crippen LogP contribution in [0.5, 0.6) is 11.5 Å². The Balaban J connectivity index is 2.07. The number of ether oxygens (including phenoxy) is 3. The maximum atomic E-state index is 12.8. The number of aliphatic hydroxyl groups excluding tert-OH is 1. The summed E-state index contributed by atoms with van der Waals surface area (Å²) >= 11 is 0. The summed E-state index contributed by atoms with van der Waals surface area (Å²) in [5.41, 5.74) is 6.81. The fourth-order valence-electron chi connectivity index (χ4n) is 3.04. The molecular weight excluding hydrogens is 336 g/mol. The number of nitrogens with zero attached hydrogens (tertiary/aromatic N) is 1. The van der Waals surface area contributed by atoms with Gasteiger partial charge in [-0.2, -0.15) is 0 Å². The average Bonchev–Trinajstić information content (AvgIpc) is 3.09. The molecule has 1 aliphatic heterocycles. The number of benzene rings is 1. The van der Waals surface area contributed by atoms with E-state index in [1.54, 1.807) is 17.0 Å². The van der Waals surface area contributed by atoms with Crippen molar-refractivity contribution >= 4 is 11.6 Å². The van der Waals surface area contributed by atoms with Crippen molar-refractivity contribution in [3.8, 4) is 11.5 Å². The van der Waals surface area contributed by atoms with E-state index in [1.807, 2.05) is 13.8 Å². The summed E-state index contributed by atoms with van der Waals surface area (Å²) in [6.07, 6.45) is 2.62. The van der Waals surface area contributed by atoms with E-state index >= 15 is 0 Å². The molecule has 0 bridgehead atoms. The van der Waals surface area contributed by atoms with Crippen LogP contribution in [-0.2, 0) is 4.74 Å². The van der Waals surface area contributed by atoms with Crippen LogP contribution in [0, 0.1) is 0 Å². The topological polar surface area (TPSA) is 94.2 Å². The van der Waals surface area contributed by atoms with Crippen molar-refractivity contribution in [3.05, 3.63) is 17.7 Å². The minimum absolute atomic E-state index is 0.0393. The number of anilines is 1. The molecule has 0 radical (unpaired) electrons. The molecule has 1 saturated heterocycles. The third-order valence-corrected chi connectivity index (χ3v) is 4.41. The van der Waals surface area contributed by atoms with E-state index < -0.39 is 0 Å². The summed E-state index contributed by atoms with van der Waals surface area (Å²) < 4.78 is 16.6. The summed E-state index contributed by atoms with van der Waals surface area (Å²) in [6.45, 7) is 5.64. The lowest BCUT2D eigenvalue weighted by molar-refractivity contribution is 0.0678. The molecule has 0 saturated carbocycles. The first-order valence-corrected chi connectivity index (χ1v) is 9.11. The Labute approximate surface area is 155 Å². The molecule has 0 unspecified atom stereocenters. The van der Waals surface area contributed by atoms with E-state index in [0.29, 0.717) is 42.5 Å². The van der Waals surface area contributed by atoms with Crippen LogP contribution < -0.4 is 15.2 Å². The average molecular weight is 366 g/mol. The molecule has 1 aromatic carbocycles. The Bertz CT molecular complexity index is 606. The fourth-order valence-corrected chi connectivity index (χ4v) is 3.04. The lowest BCUT2D eigenvalue weighted by atomic mass is 10.1. The molecule has 0 aromatic heterocycles. The smallest absolute Gasteiger partial charge is 0.256 e. The summed E-state index contributed by atoms with van der Waals surface area (Å²) in [4.78, 5) is 14.5. The van der Waals surface area contributed by atoms with Gasteiger partial charge in [0.2, 0.25) is 0 Å². The van der Waals surface area contributed by atoms with Crippen molar-refractivity contribution in [3.63, 3.8) is 0 Å². The monoisotopic (exact) mass is 366 g/mol. The van der Waals surface area contributed by atoms with Gasteiger partial charge in [0.25, 0.3) is 5.91 Å². The second-order valence-corrected chi connectivity index (χ2v) is 6.69. The molecule has 2 rings (SSSR count). The number of methoxy groups -OCH3 is 1. The Kier molecular flexibility index (Phi) is 7.53. The highest BCUT2D eigenvalue weighted by molar-refractivity contribution is 6.00. The van der Waals surface area contributed by atoms with Gasteiger partial charge in [-0.15, -0.1) is 0 Å². The number of hydrogen-bond donors (Lipinski definition) is 2. The number of carbonyl (C=O) groups is 1. The SMILES string of the molecule is COc1cc(C(=O)N2CCC[C@H]2CO)c(N)cc1OCCCOC(C)C. The largest absolute Gasteiger partial charge is 0.493 e. The number of hydrogen-bond acceptors (Lipinski definition) is 6. The predicted octanol–water partition coefficient (Wildman–Crippen LogP) is 2.07. The van der Waals surface area contributed by atoms with Crippen LogP contribution in [0.3, 0.4) is 0 Å². The Morgan fingerprint density at radius 2 is 2.12 bits per heavy atom. The van der Waals surface area contributed by atoms with Gasteiger partial charge in [-0.25, -0.2) is 0 Å². The van der Waals surface area contributed by atoms with E-state index in [0.717, 1.165) is 19.3 Å². The zero-order valence-corrected chi connectivity index (χ0v) is 15.9. The quantitative estimate of drug-likeness (QED) is 0.513. The van der Waals surface area contributed by atoms with Crippen LogP contribution in [0.2, 0.25) is 0 Å².